The highest BCUT2D eigenvalue weighted by molar-refractivity contribution is 4.89. The van der Waals surface area contributed by atoms with Crippen molar-refractivity contribution in [2.75, 3.05) is 13.2 Å². The van der Waals surface area contributed by atoms with Crippen LogP contribution in [0.25, 0.3) is 0 Å². The van der Waals surface area contributed by atoms with Crippen LogP contribution in [-0.4, -0.2) is 104 Å². The molecule has 0 aromatic heterocycles. The summed E-state index contributed by atoms with van der Waals surface area (Å²) in [6.45, 7) is -0.631. The molecule has 9 atom stereocenters. The Labute approximate surface area is 119 Å². The molecule has 2 heterocycles. The second-order valence-corrected chi connectivity index (χ2v) is 5.12. The Morgan fingerprint density at radius 2 is 1.48 bits per heavy atom. The Kier molecular flexibility index (Phi) is 5.48. The van der Waals surface area contributed by atoms with Crippen LogP contribution in [0.3, 0.4) is 0 Å². The first-order chi connectivity index (χ1) is 9.82. The van der Waals surface area contributed by atoms with Gasteiger partial charge in [-0.15, -0.1) is 0 Å². The molecule has 0 unspecified atom stereocenters. The number of ether oxygens (including phenoxy) is 3. The van der Waals surface area contributed by atoms with E-state index in [-0.39, 0.29) is 13.2 Å². The van der Waals surface area contributed by atoms with Gasteiger partial charge in [-0.2, -0.15) is 0 Å². The van der Waals surface area contributed by atoms with Gasteiger partial charge in [-0.25, -0.2) is 0 Å². The predicted octanol–water partition coefficient (Wildman–Crippen LogP) is -4.76. The zero-order chi connectivity index (χ0) is 15.7. The topological polar surface area (TPSA) is 169 Å². The maximum Gasteiger partial charge on any atom is 0.186 e. The predicted molar refractivity (Wildman–Crippen MR) is 62.6 cm³/mol. The summed E-state index contributed by atoms with van der Waals surface area (Å²) in [4.78, 5) is 0. The number of aliphatic hydroxyl groups is 7. The summed E-state index contributed by atoms with van der Waals surface area (Å²) in [7, 11) is 0. The minimum Gasteiger partial charge on any atom is -0.388 e. The largest absolute Gasteiger partial charge is 0.388 e. The SMILES string of the molecule is O[C@@H]1[C@@H](O)[C@@H](O)O[C@H](CO[C@@H]2OC[C@@H](O)[C@H](O)[C@H]2O)[C@H]1O. The van der Waals surface area contributed by atoms with Gasteiger partial charge in [0.1, 0.15) is 42.7 Å². The second kappa shape index (κ2) is 6.79. The van der Waals surface area contributed by atoms with E-state index in [1.54, 1.807) is 0 Å². The molecule has 2 rings (SSSR count). The highest BCUT2D eigenvalue weighted by Gasteiger charge is 2.44. The fourth-order valence-corrected chi connectivity index (χ4v) is 2.18. The van der Waals surface area contributed by atoms with Crippen molar-refractivity contribution in [3.63, 3.8) is 0 Å². The van der Waals surface area contributed by atoms with Gasteiger partial charge >= 0.3 is 0 Å². The Balaban J connectivity index is 1.88. The average Bonchev–Trinajstić information content (AvgIpc) is 2.46. The van der Waals surface area contributed by atoms with E-state index in [1.165, 1.54) is 0 Å². The van der Waals surface area contributed by atoms with Crippen molar-refractivity contribution in [1.82, 2.24) is 0 Å². The first-order valence-electron chi connectivity index (χ1n) is 6.48. The van der Waals surface area contributed by atoms with Gasteiger partial charge in [0.25, 0.3) is 0 Å². The van der Waals surface area contributed by atoms with Crippen molar-refractivity contribution >= 4 is 0 Å². The van der Waals surface area contributed by atoms with E-state index in [0.717, 1.165) is 0 Å². The third kappa shape index (κ3) is 3.51. The summed E-state index contributed by atoms with van der Waals surface area (Å²) >= 11 is 0. The fourth-order valence-electron chi connectivity index (χ4n) is 2.18. The zero-order valence-electron chi connectivity index (χ0n) is 11.0. The molecule has 0 aromatic carbocycles. The molecule has 10 heteroatoms. The molecule has 0 aromatic rings. The summed E-state index contributed by atoms with van der Waals surface area (Å²) in [6.07, 6.45) is -13.1. The van der Waals surface area contributed by atoms with Gasteiger partial charge in [-0.1, -0.05) is 0 Å². The smallest absolute Gasteiger partial charge is 0.186 e. The minimum atomic E-state index is -1.69. The van der Waals surface area contributed by atoms with E-state index in [1.807, 2.05) is 0 Å². The van der Waals surface area contributed by atoms with Crippen LogP contribution >= 0.6 is 0 Å². The fraction of sp³-hybridized carbons (Fsp3) is 1.00. The van der Waals surface area contributed by atoms with Gasteiger partial charge in [-0.05, 0) is 0 Å². The maximum absolute atomic E-state index is 9.70. The Morgan fingerprint density at radius 1 is 0.810 bits per heavy atom. The van der Waals surface area contributed by atoms with Crippen molar-refractivity contribution < 1.29 is 50.0 Å². The van der Waals surface area contributed by atoms with Crippen molar-refractivity contribution in [2.24, 2.45) is 0 Å². The molecule has 2 aliphatic heterocycles. The summed E-state index contributed by atoms with van der Waals surface area (Å²) < 4.78 is 15.0. The molecule has 0 spiro atoms. The summed E-state index contributed by atoms with van der Waals surface area (Å²) in [5, 5.41) is 66.2. The molecule has 2 fully saturated rings. The lowest BCUT2D eigenvalue weighted by Crippen LogP contribution is -2.59. The van der Waals surface area contributed by atoms with Crippen molar-refractivity contribution in [3.05, 3.63) is 0 Å². The van der Waals surface area contributed by atoms with E-state index in [2.05, 4.69) is 0 Å². The lowest BCUT2D eigenvalue weighted by molar-refractivity contribution is -0.312. The Morgan fingerprint density at radius 3 is 2.14 bits per heavy atom. The van der Waals surface area contributed by atoms with Gasteiger partial charge < -0.3 is 50.0 Å². The molecule has 10 nitrogen and oxygen atoms in total. The van der Waals surface area contributed by atoms with Crippen molar-refractivity contribution in [1.29, 1.82) is 0 Å². The first-order valence-corrected chi connectivity index (χ1v) is 6.48. The van der Waals surface area contributed by atoms with E-state index < -0.39 is 55.3 Å². The summed E-state index contributed by atoms with van der Waals surface area (Å²) in [5.41, 5.74) is 0. The lowest BCUT2D eigenvalue weighted by atomic mass is 9.99. The highest BCUT2D eigenvalue weighted by atomic mass is 16.7. The van der Waals surface area contributed by atoms with E-state index in [4.69, 9.17) is 14.2 Å². The molecule has 0 bridgehead atoms. The van der Waals surface area contributed by atoms with Crippen LogP contribution in [0.15, 0.2) is 0 Å². The van der Waals surface area contributed by atoms with Crippen molar-refractivity contribution in [3.8, 4) is 0 Å². The molecule has 2 aliphatic rings. The van der Waals surface area contributed by atoms with E-state index >= 15 is 0 Å². The van der Waals surface area contributed by atoms with Gasteiger partial charge in [0, 0.05) is 0 Å². The van der Waals surface area contributed by atoms with Gasteiger partial charge in [0.05, 0.1) is 13.2 Å². The Bertz CT molecular complexity index is 341. The molecular weight excluding hydrogens is 292 g/mol. The van der Waals surface area contributed by atoms with Gasteiger partial charge in [-0.3, -0.25) is 0 Å². The minimum absolute atomic E-state index is 0.249. The second-order valence-electron chi connectivity index (χ2n) is 5.12. The molecule has 21 heavy (non-hydrogen) atoms. The van der Waals surface area contributed by atoms with Crippen LogP contribution in [-0.2, 0) is 14.2 Å². The molecule has 0 aliphatic carbocycles. The maximum atomic E-state index is 9.70. The third-order valence-electron chi connectivity index (χ3n) is 3.57. The van der Waals surface area contributed by atoms with Crippen LogP contribution in [0, 0.1) is 0 Å². The highest BCUT2D eigenvalue weighted by Crippen LogP contribution is 2.22. The molecule has 124 valence electrons. The standard InChI is InChI=1S/C11H20O10/c12-3-1-19-11(9(17)5(3)13)20-2-4-6(14)7(15)8(16)10(18)21-4/h3-18H,1-2H2/t3-,4-,5+,6-,7+,8-,9-,10+,11+/m1/s1. The van der Waals surface area contributed by atoms with Crippen LogP contribution < -0.4 is 0 Å². The van der Waals surface area contributed by atoms with Crippen molar-refractivity contribution in [2.45, 2.75) is 55.3 Å². The molecule has 0 saturated carbocycles. The van der Waals surface area contributed by atoms with Crippen LogP contribution in [0.2, 0.25) is 0 Å². The van der Waals surface area contributed by atoms with Crippen LogP contribution in [0.4, 0.5) is 0 Å². The lowest BCUT2D eigenvalue weighted by Gasteiger charge is -2.40. The van der Waals surface area contributed by atoms with Crippen LogP contribution in [0.1, 0.15) is 0 Å². The average molecular weight is 312 g/mol. The normalized spacial score (nSPS) is 51.9. The zero-order valence-corrected chi connectivity index (χ0v) is 11.0. The molecular formula is C11H20O10. The Hall–Kier alpha value is -0.400. The van der Waals surface area contributed by atoms with Crippen LogP contribution in [0.5, 0.6) is 0 Å². The monoisotopic (exact) mass is 312 g/mol. The number of aliphatic hydroxyl groups excluding tert-OH is 7. The number of hydrogen-bond donors (Lipinski definition) is 7. The molecule has 0 radical (unpaired) electrons. The quantitative estimate of drug-likeness (QED) is 0.268. The molecule has 0 amide bonds. The molecule has 7 N–H and O–H groups in total. The third-order valence-corrected chi connectivity index (χ3v) is 3.57. The van der Waals surface area contributed by atoms with Gasteiger partial charge in [0.15, 0.2) is 12.6 Å². The van der Waals surface area contributed by atoms with E-state index in [0.29, 0.717) is 0 Å². The number of hydrogen-bond acceptors (Lipinski definition) is 10. The first kappa shape index (κ1) is 17.0. The van der Waals surface area contributed by atoms with E-state index in [9.17, 15) is 35.7 Å². The van der Waals surface area contributed by atoms with Gasteiger partial charge in [0.2, 0.25) is 0 Å². The summed E-state index contributed by atoms with van der Waals surface area (Å²) in [6, 6.07) is 0. The summed E-state index contributed by atoms with van der Waals surface area (Å²) in [5.74, 6) is 0. The molecule has 2 saturated heterocycles. The number of rotatable bonds is 3.